The third kappa shape index (κ3) is 5.71. The van der Waals surface area contributed by atoms with Crippen LogP contribution in [0.3, 0.4) is 0 Å². The second-order valence-corrected chi connectivity index (χ2v) is 17.1. The molecule has 0 aromatic rings. The van der Waals surface area contributed by atoms with E-state index < -0.39 is 16.3 Å². The molecule has 17 unspecified atom stereocenters. The average molecular weight is 651 g/mol. The van der Waals surface area contributed by atoms with Crippen molar-refractivity contribution in [1.29, 1.82) is 0 Å². The van der Waals surface area contributed by atoms with E-state index in [1.807, 2.05) is 0 Å². The summed E-state index contributed by atoms with van der Waals surface area (Å²) in [5, 5.41) is 32.5. The van der Waals surface area contributed by atoms with E-state index in [0.717, 1.165) is 12.8 Å². The van der Waals surface area contributed by atoms with Crippen LogP contribution < -0.4 is 56.5 Å². The van der Waals surface area contributed by atoms with Crippen molar-refractivity contribution in [2.45, 2.75) is 152 Å². The van der Waals surface area contributed by atoms with Crippen LogP contribution in [-0.2, 0) is 4.29 Å². The maximum Gasteiger partial charge on any atom is 0.219 e. The fourth-order valence-electron chi connectivity index (χ4n) is 12.2. The number of rotatable bonds is 2. The van der Waals surface area contributed by atoms with Gasteiger partial charge in [0.25, 0.3) is 0 Å². The van der Waals surface area contributed by atoms with Crippen molar-refractivity contribution in [3.05, 3.63) is 0 Å². The molecule has 13 heteroatoms. The van der Waals surface area contributed by atoms with Gasteiger partial charge in [0.1, 0.15) is 0 Å². The van der Waals surface area contributed by atoms with E-state index in [1.54, 1.807) is 0 Å². The number of fused-ring (bicyclic) bond motifs is 20. The SMILES string of the molecule is [O-][Cl+3]([O-])([O-])OC1CCCC2C3NC4NC(NC5NC(NC6NC(NC(N3)C12)C1CCCCC61)C1CCCCC51)C1CCCCC41. The van der Waals surface area contributed by atoms with Crippen LogP contribution in [0.2, 0.25) is 0 Å². The highest BCUT2D eigenvalue weighted by molar-refractivity contribution is 5.09. The van der Waals surface area contributed by atoms with Crippen molar-refractivity contribution < 1.29 is 28.5 Å². The molecule has 9 fully saturated rings. The lowest BCUT2D eigenvalue weighted by Crippen LogP contribution is -2.64. The normalized spacial score (nSPS) is 54.6. The van der Waals surface area contributed by atoms with E-state index >= 15 is 0 Å². The second kappa shape index (κ2) is 12.3. The Balaban J connectivity index is 1.06. The van der Waals surface area contributed by atoms with Gasteiger partial charge in [0.15, 0.2) is 0 Å². The van der Waals surface area contributed by atoms with Gasteiger partial charge in [-0.15, -0.1) is 0 Å². The van der Waals surface area contributed by atoms with E-state index in [1.165, 1.54) is 77.0 Å². The lowest BCUT2D eigenvalue weighted by atomic mass is 9.75. The van der Waals surface area contributed by atoms with E-state index in [2.05, 4.69) is 42.5 Å². The quantitative estimate of drug-likeness (QED) is 0.174. The Bertz CT molecular complexity index is 1070. The largest absolute Gasteiger partial charge is 0.286 e. The molecule has 0 spiro atoms. The number of halogens is 1. The first kappa shape index (κ1) is 30.8. The molecule has 4 aliphatic carbocycles. The molecular formula is C32H55ClN8O4. The van der Waals surface area contributed by atoms with E-state index in [9.17, 15) is 14.0 Å². The van der Waals surface area contributed by atoms with E-state index in [4.69, 9.17) is 4.29 Å². The van der Waals surface area contributed by atoms with Crippen LogP contribution in [0.4, 0.5) is 0 Å². The summed E-state index contributed by atoms with van der Waals surface area (Å²) in [6.45, 7) is 0. The molecule has 9 aliphatic rings. The predicted molar refractivity (Wildman–Crippen MR) is 157 cm³/mol. The summed E-state index contributed by atoms with van der Waals surface area (Å²) in [7, 11) is -4.49. The van der Waals surface area contributed by atoms with Crippen molar-refractivity contribution in [2.75, 3.05) is 0 Å². The van der Waals surface area contributed by atoms with Crippen molar-refractivity contribution in [3.63, 3.8) is 0 Å². The minimum atomic E-state index is -4.49. The topological polar surface area (TPSA) is 175 Å². The summed E-state index contributed by atoms with van der Waals surface area (Å²) in [4.78, 5) is 0. The Morgan fingerprint density at radius 3 is 0.978 bits per heavy atom. The number of hydrogen-bond donors (Lipinski definition) is 8. The smallest absolute Gasteiger partial charge is 0.219 e. The minimum absolute atomic E-state index is 0.00541. The van der Waals surface area contributed by atoms with Crippen molar-refractivity contribution >= 4 is 0 Å². The zero-order valence-corrected chi connectivity index (χ0v) is 27.2. The highest BCUT2D eigenvalue weighted by Gasteiger charge is 2.57. The first-order valence-electron chi connectivity index (χ1n) is 18.6. The Labute approximate surface area is 269 Å². The van der Waals surface area contributed by atoms with Crippen molar-refractivity contribution in [2.24, 2.45) is 47.3 Å². The summed E-state index contributed by atoms with van der Waals surface area (Å²) in [6.07, 6.45) is 18.2. The fraction of sp³-hybridized carbons (Fsp3) is 1.00. The maximum absolute atomic E-state index is 11.9. The molecule has 0 aromatic heterocycles. The third-order valence-electron chi connectivity index (χ3n) is 14.1. The summed E-state index contributed by atoms with van der Waals surface area (Å²) in [5.74, 6) is 3.52. The third-order valence-corrected chi connectivity index (χ3v) is 14.5. The van der Waals surface area contributed by atoms with Crippen LogP contribution in [0.15, 0.2) is 0 Å². The zero-order chi connectivity index (χ0) is 30.3. The first-order valence-corrected chi connectivity index (χ1v) is 19.8. The Hall–Kier alpha value is -0.190. The predicted octanol–water partition coefficient (Wildman–Crippen LogP) is -1.50. The molecule has 8 bridgehead atoms. The monoisotopic (exact) mass is 650 g/mol. The lowest BCUT2D eigenvalue weighted by Gasteiger charge is -2.37. The second-order valence-electron chi connectivity index (χ2n) is 16.2. The molecule has 12 nitrogen and oxygen atoms in total. The zero-order valence-electron chi connectivity index (χ0n) is 26.4. The van der Waals surface area contributed by atoms with E-state index in [-0.39, 0.29) is 55.0 Å². The Morgan fingerprint density at radius 1 is 0.356 bits per heavy atom. The molecule has 45 heavy (non-hydrogen) atoms. The molecule has 0 aromatic carbocycles. The molecule has 5 heterocycles. The molecule has 4 saturated carbocycles. The van der Waals surface area contributed by atoms with Gasteiger partial charge in [-0.2, -0.15) is 14.0 Å². The van der Waals surface area contributed by atoms with Crippen LogP contribution in [0.25, 0.3) is 0 Å². The van der Waals surface area contributed by atoms with Gasteiger partial charge in [-0.1, -0.05) is 38.5 Å². The van der Waals surface area contributed by atoms with Crippen LogP contribution in [-0.4, -0.2) is 55.4 Å². The summed E-state index contributed by atoms with van der Waals surface area (Å²) >= 11 is 0. The van der Waals surface area contributed by atoms with Crippen LogP contribution in [0, 0.1) is 57.6 Å². The molecular weight excluding hydrogens is 596 g/mol. The van der Waals surface area contributed by atoms with Crippen LogP contribution in [0.1, 0.15) is 96.3 Å². The van der Waals surface area contributed by atoms with Gasteiger partial charge in [-0.05, 0) is 99.2 Å². The standard InChI is InChI=1S/C32H55ClN8O4/c42-33(43,44)45-23-15-7-14-22-24(23)32-40-30-21-13-6-5-12-20(21)28(38-30)36-26-17-9-2-1-8-16(17)25(34-26)35-27-18-10-3-4-11-19(18)29(37-27)39-31(22)41-32/h16-32,34-41H,1-15H2. The average Bonchev–Trinajstić information content (AvgIpc) is 3.76. The Kier molecular flexibility index (Phi) is 8.43. The molecule has 9 rings (SSSR count). The van der Waals surface area contributed by atoms with Crippen LogP contribution >= 0.6 is 0 Å². The van der Waals surface area contributed by atoms with Gasteiger partial charge >= 0.3 is 0 Å². The van der Waals surface area contributed by atoms with Crippen molar-refractivity contribution in [3.8, 4) is 0 Å². The first-order chi connectivity index (χ1) is 21.9. The van der Waals surface area contributed by atoms with Gasteiger partial charge in [-0.3, -0.25) is 42.5 Å². The molecule has 5 saturated heterocycles. The molecule has 8 N–H and O–H groups in total. The lowest BCUT2D eigenvalue weighted by molar-refractivity contribution is -1.92. The summed E-state index contributed by atoms with van der Waals surface area (Å²) in [6, 6.07) is 0. The molecule has 0 radical (unpaired) electrons. The summed E-state index contributed by atoms with van der Waals surface area (Å²) < 4.78 is 41.0. The van der Waals surface area contributed by atoms with E-state index in [0.29, 0.717) is 48.1 Å². The number of nitrogens with one attached hydrogen (secondary N) is 8. The van der Waals surface area contributed by atoms with Gasteiger partial charge in [0.2, 0.25) is 6.10 Å². The minimum Gasteiger partial charge on any atom is -0.286 e. The van der Waals surface area contributed by atoms with Gasteiger partial charge in [0, 0.05) is 5.92 Å². The highest BCUT2D eigenvalue weighted by atomic mass is 35.7. The van der Waals surface area contributed by atoms with Gasteiger partial charge in [0.05, 0.1) is 63.9 Å². The van der Waals surface area contributed by atoms with Gasteiger partial charge < -0.3 is 0 Å². The summed E-state index contributed by atoms with van der Waals surface area (Å²) in [5.41, 5.74) is 0. The highest BCUT2D eigenvalue weighted by Crippen LogP contribution is 2.46. The van der Waals surface area contributed by atoms with Crippen LogP contribution in [0.5, 0.6) is 0 Å². The molecule has 254 valence electrons. The molecule has 17 atom stereocenters. The van der Waals surface area contributed by atoms with Gasteiger partial charge in [-0.25, -0.2) is 0 Å². The molecule has 5 aliphatic heterocycles. The Morgan fingerprint density at radius 2 is 0.644 bits per heavy atom. The molecule has 0 amide bonds. The maximum atomic E-state index is 11.9. The fourth-order valence-corrected chi connectivity index (χ4v) is 12.7. The van der Waals surface area contributed by atoms with Crippen molar-refractivity contribution in [1.82, 2.24) is 42.5 Å². The number of hydrogen-bond acceptors (Lipinski definition) is 12.